The number of nitrogens with two attached hydrogens (primary N) is 2. The van der Waals surface area contributed by atoms with Crippen molar-refractivity contribution < 1.29 is 29.4 Å². The molecule has 3 aromatic rings. The first kappa shape index (κ1) is 34.1. The van der Waals surface area contributed by atoms with E-state index in [2.05, 4.69) is 20.9 Å². The fourth-order valence-corrected chi connectivity index (χ4v) is 4.99. The van der Waals surface area contributed by atoms with Gasteiger partial charge < -0.3 is 42.6 Å². The van der Waals surface area contributed by atoms with Crippen LogP contribution < -0.4 is 27.4 Å². The van der Waals surface area contributed by atoms with Crippen LogP contribution in [0.1, 0.15) is 50.7 Å². The fraction of sp³-hybridized carbons (Fsp3) is 0.438. The van der Waals surface area contributed by atoms with Gasteiger partial charge in [0.25, 0.3) is 0 Å². The average Bonchev–Trinajstić information content (AvgIpc) is 3.39. The number of carboxylic acid groups (broad SMARTS) is 1. The maximum Gasteiger partial charge on any atom is 0.326 e. The van der Waals surface area contributed by atoms with E-state index in [9.17, 15) is 29.4 Å². The second-order valence-corrected chi connectivity index (χ2v) is 11.5. The van der Waals surface area contributed by atoms with Crippen molar-refractivity contribution in [3.63, 3.8) is 0 Å². The number of phenols is 1. The highest BCUT2D eigenvalue weighted by Crippen LogP contribution is 2.19. The second kappa shape index (κ2) is 16.4. The Morgan fingerprint density at radius 1 is 0.841 bits per heavy atom. The lowest BCUT2D eigenvalue weighted by molar-refractivity contribution is -0.142. The van der Waals surface area contributed by atoms with E-state index in [-0.39, 0.29) is 37.4 Å². The topological polar surface area (TPSA) is 213 Å². The van der Waals surface area contributed by atoms with Gasteiger partial charge in [-0.2, -0.15) is 0 Å². The first-order chi connectivity index (χ1) is 21.0. The number of aromatic hydroxyl groups is 1. The van der Waals surface area contributed by atoms with Crippen LogP contribution in [0.25, 0.3) is 10.9 Å². The summed E-state index contributed by atoms with van der Waals surface area (Å²) in [4.78, 5) is 55.1. The van der Waals surface area contributed by atoms with Crippen LogP contribution in [0.5, 0.6) is 5.75 Å². The molecule has 0 aliphatic rings. The van der Waals surface area contributed by atoms with E-state index >= 15 is 0 Å². The van der Waals surface area contributed by atoms with Crippen LogP contribution in [-0.2, 0) is 32.0 Å². The Hall–Kier alpha value is -4.42. The summed E-state index contributed by atoms with van der Waals surface area (Å²) in [6.45, 7) is 4.17. The largest absolute Gasteiger partial charge is 0.508 e. The van der Waals surface area contributed by atoms with Crippen LogP contribution in [0.2, 0.25) is 0 Å². The van der Waals surface area contributed by atoms with Gasteiger partial charge in [0, 0.05) is 23.5 Å². The Balaban J connectivity index is 1.70. The number of carbonyl (C=O) groups excluding carboxylic acids is 3. The molecular weight excluding hydrogens is 564 g/mol. The molecule has 238 valence electrons. The van der Waals surface area contributed by atoms with Crippen LogP contribution in [-0.4, -0.2) is 69.6 Å². The van der Waals surface area contributed by atoms with E-state index < -0.39 is 47.9 Å². The van der Waals surface area contributed by atoms with E-state index in [1.165, 1.54) is 12.1 Å². The molecule has 0 saturated heterocycles. The number of para-hydroxylation sites is 1. The monoisotopic (exact) mass is 608 g/mol. The lowest BCUT2D eigenvalue weighted by atomic mass is 10.00. The van der Waals surface area contributed by atoms with E-state index in [4.69, 9.17) is 11.5 Å². The number of carboxylic acids is 1. The summed E-state index contributed by atoms with van der Waals surface area (Å²) in [5.74, 6) is -2.94. The zero-order valence-electron chi connectivity index (χ0n) is 25.2. The van der Waals surface area contributed by atoms with E-state index in [0.717, 1.165) is 16.5 Å². The molecule has 0 saturated carbocycles. The van der Waals surface area contributed by atoms with Gasteiger partial charge in [0.15, 0.2) is 0 Å². The van der Waals surface area contributed by atoms with Gasteiger partial charge in [0.05, 0.1) is 6.04 Å². The van der Waals surface area contributed by atoms with Crippen molar-refractivity contribution in [2.45, 2.75) is 76.5 Å². The summed E-state index contributed by atoms with van der Waals surface area (Å²) in [6.07, 6.45) is 3.76. The van der Waals surface area contributed by atoms with E-state index in [1.807, 2.05) is 44.3 Å². The molecule has 0 fully saturated rings. The third-order valence-electron chi connectivity index (χ3n) is 7.36. The average molecular weight is 609 g/mol. The number of amides is 3. The lowest BCUT2D eigenvalue weighted by Crippen LogP contribution is -2.57. The number of phenolic OH excluding ortho intramolecular Hbond substituents is 1. The summed E-state index contributed by atoms with van der Waals surface area (Å²) in [5, 5.41) is 28.3. The van der Waals surface area contributed by atoms with Crippen LogP contribution in [0.15, 0.2) is 54.7 Å². The molecule has 0 bridgehead atoms. The molecule has 0 aliphatic heterocycles. The number of aliphatic carboxylic acids is 1. The number of carbonyl (C=O) groups is 4. The minimum Gasteiger partial charge on any atom is -0.508 e. The summed E-state index contributed by atoms with van der Waals surface area (Å²) in [6, 6.07) is 9.48. The first-order valence-corrected chi connectivity index (χ1v) is 14.9. The molecule has 12 heteroatoms. The Morgan fingerprint density at radius 2 is 1.48 bits per heavy atom. The molecule has 2 aromatic carbocycles. The molecule has 4 atom stereocenters. The molecule has 0 spiro atoms. The molecular formula is C32H44N6O6. The molecule has 0 aliphatic carbocycles. The number of aromatic nitrogens is 1. The number of benzene rings is 2. The smallest absolute Gasteiger partial charge is 0.326 e. The van der Waals surface area contributed by atoms with Crippen LogP contribution in [0.4, 0.5) is 0 Å². The Bertz CT molecular complexity index is 1410. The molecule has 0 radical (unpaired) electrons. The number of rotatable bonds is 17. The van der Waals surface area contributed by atoms with Crippen molar-refractivity contribution in [2.75, 3.05) is 6.54 Å². The number of H-pyrrole nitrogens is 1. The molecule has 10 N–H and O–H groups in total. The van der Waals surface area contributed by atoms with Gasteiger partial charge in [-0.25, -0.2) is 4.79 Å². The van der Waals surface area contributed by atoms with Crippen molar-refractivity contribution in [3.8, 4) is 5.75 Å². The maximum atomic E-state index is 13.5. The molecule has 4 unspecified atom stereocenters. The van der Waals surface area contributed by atoms with Gasteiger partial charge in [-0.1, -0.05) is 44.2 Å². The van der Waals surface area contributed by atoms with Crippen LogP contribution in [0.3, 0.4) is 0 Å². The quantitative estimate of drug-likeness (QED) is 0.105. The zero-order chi connectivity index (χ0) is 32.2. The van der Waals surface area contributed by atoms with E-state index in [1.54, 1.807) is 12.1 Å². The van der Waals surface area contributed by atoms with Gasteiger partial charge in [-0.15, -0.1) is 0 Å². The third kappa shape index (κ3) is 10.1. The number of hydrogen-bond acceptors (Lipinski definition) is 7. The minimum absolute atomic E-state index is 0.0127. The zero-order valence-corrected chi connectivity index (χ0v) is 25.2. The normalized spacial score (nSPS) is 14.0. The number of nitrogens with one attached hydrogen (secondary N) is 4. The lowest BCUT2D eigenvalue weighted by Gasteiger charge is -2.26. The van der Waals surface area contributed by atoms with Gasteiger partial charge >= 0.3 is 5.97 Å². The maximum absolute atomic E-state index is 13.5. The van der Waals surface area contributed by atoms with Gasteiger partial charge in [0.1, 0.15) is 23.9 Å². The van der Waals surface area contributed by atoms with Crippen LogP contribution >= 0.6 is 0 Å². The van der Waals surface area contributed by atoms with Gasteiger partial charge in [-0.05, 0) is 73.9 Å². The number of unbranched alkanes of at least 4 members (excludes halogenated alkanes) is 1. The van der Waals surface area contributed by atoms with Gasteiger partial charge in [-0.3, -0.25) is 14.4 Å². The summed E-state index contributed by atoms with van der Waals surface area (Å²) >= 11 is 0. The number of hydrogen-bond donors (Lipinski definition) is 8. The number of fused-ring (bicyclic) bond motifs is 1. The molecule has 12 nitrogen and oxygen atoms in total. The van der Waals surface area contributed by atoms with Crippen molar-refractivity contribution in [1.29, 1.82) is 0 Å². The highest BCUT2D eigenvalue weighted by molar-refractivity contribution is 5.94. The highest BCUT2D eigenvalue weighted by Gasteiger charge is 2.31. The number of aromatic amines is 1. The molecule has 44 heavy (non-hydrogen) atoms. The molecule has 1 heterocycles. The molecule has 3 rings (SSSR count). The minimum atomic E-state index is -1.26. The Morgan fingerprint density at radius 3 is 2.14 bits per heavy atom. The fourth-order valence-electron chi connectivity index (χ4n) is 4.99. The highest BCUT2D eigenvalue weighted by atomic mass is 16.4. The van der Waals surface area contributed by atoms with Gasteiger partial charge in [0.2, 0.25) is 17.7 Å². The van der Waals surface area contributed by atoms with Crippen molar-refractivity contribution in [1.82, 2.24) is 20.9 Å². The summed E-state index contributed by atoms with van der Waals surface area (Å²) in [7, 11) is 0. The summed E-state index contributed by atoms with van der Waals surface area (Å²) < 4.78 is 0. The predicted octanol–water partition coefficient (Wildman–Crippen LogP) is 1.70. The molecule has 1 aromatic heterocycles. The third-order valence-corrected chi connectivity index (χ3v) is 7.36. The molecule has 3 amide bonds. The standard InChI is InChI=1S/C32H44N6O6/c1-19(2)15-27(31(42)38-28(32(43)44)16-20-10-12-22(39)13-11-20)37-30(41)26(9-5-6-14-33)36-29(40)24(34)17-21-18-35-25-8-4-3-7-23(21)25/h3-4,7-8,10-13,18-19,24,26-28,35,39H,5-6,9,14-17,33-34H2,1-2H3,(H,36,40)(H,37,41)(H,38,42)(H,43,44). The van der Waals surface area contributed by atoms with Crippen LogP contribution in [0, 0.1) is 5.92 Å². The summed E-state index contributed by atoms with van der Waals surface area (Å²) in [5.41, 5.74) is 14.3. The van der Waals surface area contributed by atoms with Crippen molar-refractivity contribution in [3.05, 3.63) is 65.9 Å². The first-order valence-electron chi connectivity index (χ1n) is 14.9. The predicted molar refractivity (Wildman–Crippen MR) is 168 cm³/mol. The van der Waals surface area contributed by atoms with Crippen molar-refractivity contribution >= 4 is 34.6 Å². The van der Waals surface area contributed by atoms with Crippen molar-refractivity contribution in [2.24, 2.45) is 17.4 Å². The Labute approximate surface area is 257 Å². The second-order valence-electron chi connectivity index (χ2n) is 11.5. The Kier molecular flexibility index (Phi) is 12.7. The van der Waals surface area contributed by atoms with E-state index in [0.29, 0.717) is 24.9 Å². The SMILES string of the molecule is CC(C)CC(NC(=O)C(CCCCN)NC(=O)C(N)Cc1c[nH]c2ccccc12)C(=O)NC(Cc1ccc(O)cc1)C(=O)O.